The molecular weight excluding hydrogens is 190 g/mol. The van der Waals surface area contributed by atoms with Crippen LogP contribution in [0.15, 0.2) is 0 Å². The largest absolute Gasteiger partial charge is 0.384 e. The molecule has 0 aromatic rings. The van der Waals surface area contributed by atoms with Gasteiger partial charge in [0.15, 0.2) is 0 Å². The molecule has 1 aliphatic rings. The first-order valence-corrected chi connectivity index (χ1v) is 6.03. The summed E-state index contributed by atoms with van der Waals surface area (Å²) < 4.78 is 10.6. The standard InChI is InChI=1S/C12H25NO2/c1-10(9-14-2)8-13-11-6-4-5-7-12(11)15-3/h10-13H,4-9H2,1-3H3. The molecule has 15 heavy (non-hydrogen) atoms. The third-order valence-electron chi connectivity index (χ3n) is 3.18. The SMILES string of the molecule is COCC(C)CNC1CCCCC1OC. The normalized spacial score (nSPS) is 29.0. The quantitative estimate of drug-likeness (QED) is 0.733. The van der Waals surface area contributed by atoms with Crippen molar-refractivity contribution in [3.8, 4) is 0 Å². The fourth-order valence-electron chi connectivity index (χ4n) is 2.31. The van der Waals surface area contributed by atoms with Crippen LogP contribution in [0.5, 0.6) is 0 Å². The van der Waals surface area contributed by atoms with Crippen molar-refractivity contribution in [1.82, 2.24) is 5.32 Å². The highest BCUT2D eigenvalue weighted by Gasteiger charge is 2.24. The van der Waals surface area contributed by atoms with Crippen LogP contribution in [-0.4, -0.2) is 39.5 Å². The highest BCUT2D eigenvalue weighted by atomic mass is 16.5. The number of ether oxygens (including phenoxy) is 2. The highest BCUT2D eigenvalue weighted by Crippen LogP contribution is 2.20. The van der Waals surface area contributed by atoms with Crippen molar-refractivity contribution in [2.75, 3.05) is 27.4 Å². The molecule has 1 aliphatic carbocycles. The minimum absolute atomic E-state index is 0.411. The van der Waals surface area contributed by atoms with Gasteiger partial charge in [0.05, 0.1) is 6.10 Å². The van der Waals surface area contributed by atoms with Crippen LogP contribution in [0, 0.1) is 5.92 Å². The lowest BCUT2D eigenvalue weighted by Gasteiger charge is -2.32. The van der Waals surface area contributed by atoms with E-state index < -0.39 is 0 Å². The second-order valence-electron chi connectivity index (χ2n) is 4.63. The summed E-state index contributed by atoms with van der Waals surface area (Å²) in [7, 11) is 3.58. The number of rotatable bonds is 6. The van der Waals surface area contributed by atoms with E-state index in [2.05, 4.69) is 12.2 Å². The molecule has 0 heterocycles. The summed E-state index contributed by atoms with van der Waals surface area (Å²) >= 11 is 0. The molecular formula is C12H25NO2. The minimum Gasteiger partial charge on any atom is -0.384 e. The average Bonchev–Trinajstić information content (AvgIpc) is 2.27. The molecule has 0 bridgehead atoms. The molecule has 0 saturated heterocycles. The van der Waals surface area contributed by atoms with Gasteiger partial charge in [-0.1, -0.05) is 19.8 Å². The maximum absolute atomic E-state index is 5.50. The third kappa shape index (κ3) is 4.49. The van der Waals surface area contributed by atoms with Crippen LogP contribution in [0.25, 0.3) is 0 Å². The number of hydrogen-bond donors (Lipinski definition) is 1. The molecule has 90 valence electrons. The molecule has 3 heteroatoms. The topological polar surface area (TPSA) is 30.5 Å². The second-order valence-corrected chi connectivity index (χ2v) is 4.63. The molecule has 1 fully saturated rings. The molecule has 3 unspecified atom stereocenters. The fourth-order valence-corrected chi connectivity index (χ4v) is 2.31. The van der Waals surface area contributed by atoms with E-state index >= 15 is 0 Å². The molecule has 3 nitrogen and oxygen atoms in total. The first kappa shape index (κ1) is 12.9. The Morgan fingerprint density at radius 3 is 2.67 bits per heavy atom. The van der Waals surface area contributed by atoms with E-state index in [0.29, 0.717) is 18.1 Å². The Hall–Kier alpha value is -0.120. The van der Waals surface area contributed by atoms with Crippen molar-refractivity contribution in [1.29, 1.82) is 0 Å². The zero-order valence-corrected chi connectivity index (χ0v) is 10.3. The minimum atomic E-state index is 0.411. The van der Waals surface area contributed by atoms with E-state index in [1.165, 1.54) is 25.7 Å². The van der Waals surface area contributed by atoms with Crippen molar-refractivity contribution < 1.29 is 9.47 Å². The zero-order valence-electron chi connectivity index (χ0n) is 10.3. The monoisotopic (exact) mass is 215 g/mol. The van der Waals surface area contributed by atoms with Gasteiger partial charge in [0.25, 0.3) is 0 Å². The third-order valence-corrected chi connectivity index (χ3v) is 3.18. The number of nitrogens with one attached hydrogen (secondary N) is 1. The van der Waals surface area contributed by atoms with Crippen LogP contribution < -0.4 is 5.32 Å². The smallest absolute Gasteiger partial charge is 0.0724 e. The molecule has 0 aromatic carbocycles. The van der Waals surface area contributed by atoms with Crippen LogP contribution >= 0.6 is 0 Å². The van der Waals surface area contributed by atoms with Crippen LogP contribution in [0.3, 0.4) is 0 Å². The van der Waals surface area contributed by atoms with Gasteiger partial charge in [0.1, 0.15) is 0 Å². The summed E-state index contributed by atoms with van der Waals surface area (Å²) in [6, 6.07) is 0.544. The number of hydrogen-bond acceptors (Lipinski definition) is 3. The van der Waals surface area contributed by atoms with Crippen LogP contribution in [0.2, 0.25) is 0 Å². The Labute approximate surface area is 93.5 Å². The Balaban J connectivity index is 2.22. The molecule has 0 aliphatic heterocycles. The summed E-state index contributed by atoms with van der Waals surface area (Å²) in [5, 5.41) is 3.60. The van der Waals surface area contributed by atoms with Crippen molar-refractivity contribution in [3.05, 3.63) is 0 Å². The van der Waals surface area contributed by atoms with E-state index in [1.54, 1.807) is 7.11 Å². The van der Waals surface area contributed by atoms with Crippen LogP contribution in [-0.2, 0) is 9.47 Å². The molecule has 3 atom stereocenters. The zero-order chi connectivity index (χ0) is 11.1. The van der Waals surface area contributed by atoms with Gasteiger partial charge >= 0.3 is 0 Å². The van der Waals surface area contributed by atoms with Gasteiger partial charge in [0, 0.05) is 33.4 Å². The summed E-state index contributed by atoms with van der Waals surface area (Å²) in [4.78, 5) is 0. The first-order valence-electron chi connectivity index (χ1n) is 6.03. The first-order chi connectivity index (χ1) is 7.27. The average molecular weight is 215 g/mol. The van der Waals surface area contributed by atoms with Crippen molar-refractivity contribution >= 4 is 0 Å². The highest BCUT2D eigenvalue weighted by molar-refractivity contribution is 4.81. The van der Waals surface area contributed by atoms with Crippen molar-refractivity contribution in [2.45, 2.75) is 44.8 Å². The van der Waals surface area contributed by atoms with E-state index in [4.69, 9.17) is 9.47 Å². The molecule has 1 rings (SSSR count). The summed E-state index contributed by atoms with van der Waals surface area (Å²) in [5.74, 6) is 0.578. The van der Waals surface area contributed by atoms with Gasteiger partial charge in [0.2, 0.25) is 0 Å². The van der Waals surface area contributed by atoms with E-state index in [0.717, 1.165) is 13.2 Å². The Morgan fingerprint density at radius 2 is 2.00 bits per heavy atom. The molecule has 1 saturated carbocycles. The molecule has 0 spiro atoms. The van der Waals surface area contributed by atoms with Gasteiger partial charge in [-0.05, 0) is 18.8 Å². The molecule has 0 amide bonds. The van der Waals surface area contributed by atoms with Gasteiger partial charge in [-0.25, -0.2) is 0 Å². The van der Waals surface area contributed by atoms with Crippen LogP contribution in [0.4, 0.5) is 0 Å². The molecule has 0 aromatic heterocycles. The van der Waals surface area contributed by atoms with E-state index in [-0.39, 0.29) is 0 Å². The van der Waals surface area contributed by atoms with Crippen LogP contribution in [0.1, 0.15) is 32.6 Å². The Kier molecular flexibility index (Phi) is 6.22. The predicted molar refractivity (Wildman–Crippen MR) is 62.1 cm³/mol. The summed E-state index contributed by atoms with van der Waals surface area (Å²) in [6.45, 7) is 4.07. The van der Waals surface area contributed by atoms with E-state index in [1.807, 2.05) is 7.11 Å². The maximum Gasteiger partial charge on any atom is 0.0724 e. The summed E-state index contributed by atoms with van der Waals surface area (Å²) in [6.07, 6.45) is 5.50. The van der Waals surface area contributed by atoms with Gasteiger partial charge in [-0.2, -0.15) is 0 Å². The van der Waals surface area contributed by atoms with Gasteiger partial charge in [-0.15, -0.1) is 0 Å². The Morgan fingerprint density at radius 1 is 1.27 bits per heavy atom. The van der Waals surface area contributed by atoms with Crippen molar-refractivity contribution in [2.24, 2.45) is 5.92 Å². The lowest BCUT2D eigenvalue weighted by atomic mass is 9.92. The Bertz CT molecular complexity index is 164. The van der Waals surface area contributed by atoms with Gasteiger partial charge < -0.3 is 14.8 Å². The van der Waals surface area contributed by atoms with Crippen molar-refractivity contribution in [3.63, 3.8) is 0 Å². The molecule has 0 radical (unpaired) electrons. The lowest BCUT2D eigenvalue weighted by Crippen LogP contribution is -2.45. The maximum atomic E-state index is 5.50. The summed E-state index contributed by atoms with van der Waals surface area (Å²) in [5.41, 5.74) is 0. The van der Waals surface area contributed by atoms with E-state index in [9.17, 15) is 0 Å². The lowest BCUT2D eigenvalue weighted by molar-refractivity contribution is 0.0390. The van der Waals surface area contributed by atoms with Gasteiger partial charge in [-0.3, -0.25) is 0 Å². The fraction of sp³-hybridized carbons (Fsp3) is 1.00. The molecule has 1 N–H and O–H groups in total. The predicted octanol–water partition coefficient (Wildman–Crippen LogP) is 1.82. The second kappa shape index (κ2) is 7.20. The number of methoxy groups -OCH3 is 2.